The van der Waals surface area contributed by atoms with Crippen LogP contribution in [0.25, 0.3) is 0 Å². The Kier molecular flexibility index (Phi) is 4.56. The van der Waals surface area contributed by atoms with E-state index in [0.29, 0.717) is 0 Å². The topological polar surface area (TPSA) is 105 Å². The van der Waals surface area contributed by atoms with Crippen LogP contribution in [0.2, 0.25) is 0 Å². The van der Waals surface area contributed by atoms with E-state index in [1.54, 1.807) is 6.07 Å². The molecule has 0 bridgehead atoms. The summed E-state index contributed by atoms with van der Waals surface area (Å²) in [6, 6.07) is 10.3. The van der Waals surface area contributed by atoms with Crippen LogP contribution in [0.4, 0.5) is 5.82 Å². The molecule has 1 atom stereocenters. The number of aryl methyl sites for hydroxylation is 1. The monoisotopic (exact) mass is 307 g/mol. The Morgan fingerprint density at radius 2 is 2.10 bits per heavy atom. The fraction of sp³-hybridized carbons (Fsp3) is 0.214. The number of benzene rings is 1. The zero-order valence-electron chi connectivity index (χ0n) is 11.5. The summed E-state index contributed by atoms with van der Waals surface area (Å²) in [6.07, 6.45) is 0.677. The van der Waals surface area contributed by atoms with Gasteiger partial charge in [-0.15, -0.1) is 0 Å². The van der Waals surface area contributed by atoms with Crippen molar-refractivity contribution in [1.29, 1.82) is 0 Å². The molecule has 1 aromatic heterocycles. The maximum atomic E-state index is 11.4. The molecule has 0 spiro atoms. The third-order valence-corrected chi connectivity index (χ3v) is 3.91. The SMILES string of the molecule is Cc1cccc(C(O)CNc2ncccc2S(N)(=O)=O)c1. The molecule has 0 aliphatic carbocycles. The van der Waals surface area contributed by atoms with Crippen molar-refractivity contribution in [2.45, 2.75) is 17.9 Å². The first kappa shape index (κ1) is 15.4. The van der Waals surface area contributed by atoms with Gasteiger partial charge in [-0.05, 0) is 24.6 Å². The van der Waals surface area contributed by atoms with Gasteiger partial charge in [0.15, 0.2) is 0 Å². The highest BCUT2D eigenvalue weighted by Crippen LogP contribution is 2.19. The minimum absolute atomic E-state index is 0.0959. The summed E-state index contributed by atoms with van der Waals surface area (Å²) in [5, 5.41) is 18.1. The Morgan fingerprint density at radius 3 is 2.76 bits per heavy atom. The lowest BCUT2D eigenvalue weighted by atomic mass is 10.1. The van der Waals surface area contributed by atoms with E-state index < -0.39 is 16.1 Å². The average molecular weight is 307 g/mol. The first-order valence-electron chi connectivity index (χ1n) is 6.34. The molecule has 1 unspecified atom stereocenters. The van der Waals surface area contributed by atoms with Crippen LogP contribution in [0, 0.1) is 6.92 Å². The van der Waals surface area contributed by atoms with Gasteiger partial charge >= 0.3 is 0 Å². The normalized spacial score (nSPS) is 12.9. The Labute approximate surface area is 123 Å². The summed E-state index contributed by atoms with van der Waals surface area (Å²) in [6.45, 7) is 2.06. The number of aromatic nitrogens is 1. The molecule has 21 heavy (non-hydrogen) atoms. The zero-order valence-corrected chi connectivity index (χ0v) is 12.3. The first-order chi connectivity index (χ1) is 9.88. The van der Waals surface area contributed by atoms with Gasteiger partial charge in [0.2, 0.25) is 10.0 Å². The summed E-state index contributed by atoms with van der Waals surface area (Å²) in [7, 11) is -3.86. The summed E-state index contributed by atoms with van der Waals surface area (Å²) < 4.78 is 22.9. The maximum absolute atomic E-state index is 11.4. The Bertz CT molecular complexity index is 732. The van der Waals surface area contributed by atoms with Crippen LogP contribution in [-0.4, -0.2) is 25.1 Å². The molecule has 1 aromatic carbocycles. The second kappa shape index (κ2) is 6.21. The second-order valence-electron chi connectivity index (χ2n) is 4.71. The highest BCUT2D eigenvalue weighted by Gasteiger charge is 2.15. The molecule has 0 saturated carbocycles. The van der Waals surface area contributed by atoms with Crippen molar-refractivity contribution in [2.24, 2.45) is 5.14 Å². The van der Waals surface area contributed by atoms with Crippen LogP contribution in [0.5, 0.6) is 0 Å². The predicted molar refractivity (Wildman–Crippen MR) is 80.2 cm³/mol. The van der Waals surface area contributed by atoms with E-state index in [-0.39, 0.29) is 17.3 Å². The van der Waals surface area contributed by atoms with E-state index in [2.05, 4.69) is 10.3 Å². The molecule has 0 saturated heterocycles. The van der Waals surface area contributed by atoms with Crippen LogP contribution in [-0.2, 0) is 10.0 Å². The van der Waals surface area contributed by atoms with Crippen molar-refractivity contribution in [3.63, 3.8) is 0 Å². The highest BCUT2D eigenvalue weighted by atomic mass is 32.2. The van der Waals surface area contributed by atoms with Crippen molar-refractivity contribution >= 4 is 15.8 Å². The number of hydrogen-bond donors (Lipinski definition) is 3. The molecule has 112 valence electrons. The van der Waals surface area contributed by atoms with E-state index in [0.717, 1.165) is 11.1 Å². The third-order valence-electron chi connectivity index (χ3n) is 2.97. The van der Waals surface area contributed by atoms with Gasteiger partial charge in [0.05, 0.1) is 6.10 Å². The van der Waals surface area contributed by atoms with E-state index in [4.69, 9.17) is 5.14 Å². The Morgan fingerprint density at radius 1 is 1.33 bits per heavy atom. The van der Waals surface area contributed by atoms with Gasteiger partial charge in [-0.3, -0.25) is 0 Å². The van der Waals surface area contributed by atoms with Crippen LogP contribution in [0.3, 0.4) is 0 Å². The fourth-order valence-electron chi connectivity index (χ4n) is 1.94. The van der Waals surface area contributed by atoms with Gasteiger partial charge in [-0.2, -0.15) is 0 Å². The lowest BCUT2D eigenvalue weighted by Crippen LogP contribution is -2.18. The molecule has 1 heterocycles. The molecule has 0 aliphatic rings. The zero-order chi connectivity index (χ0) is 15.5. The number of nitrogens with two attached hydrogens (primary N) is 1. The van der Waals surface area contributed by atoms with Crippen LogP contribution in [0.15, 0.2) is 47.5 Å². The van der Waals surface area contributed by atoms with Gasteiger partial charge in [0, 0.05) is 12.7 Å². The van der Waals surface area contributed by atoms with Gasteiger partial charge in [-0.25, -0.2) is 18.5 Å². The number of pyridine rings is 1. The molecule has 0 aliphatic heterocycles. The first-order valence-corrected chi connectivity index (χ1v) is 7.89. The third kappa shape index (κ3) is 4.01. The van der Waals surface area contributed by atoms with Crippen molar-refractivity contribution < 1.29 is 13.5 Å². The summed E-state index contributed by atoms with van der Waals surface area (Å²) in [5.74, 6) is 0.131. The van der Waals surface area contributed by atoms with E-state index in [1.165, 1.54) is 18.3 Å². The van der Waals surface area contributed by atoms with E-state index in [9.17, 15) is 13.5 Å². The van der Waals surface area contributed by atoms with Crippen LogP contribution >= 0.6 is 0 Å². The Balaban J connectivity index is 2.14. The van der Waals surface area contributed by atoms with Crippen LogP contribution < -0.4 is 10.5 Å². The van der Waals surface area contributed by atoms with Gasteiger partial charge in [0.25, 0.3) is 0 Å². The van der Waals surface area contributed by atoms with E-state index in [1.807, 2.05) is 25.1 Å². The number of aliphatic hydroxyl groups excluding tert-OH is 1. The summed E-state index contributed by atoms with van der Waals surface area (Å²) in [5.41, 5.74) is 1.78. The highest BCUT2D eigenvalue weighted by molar-refractivity contribution is 7.89. The molecule has 0 fully saturated rings. The number of aliphatic hydroxyl groups is 1. The molecule has 0 amide bonds. The lowest BCUT2D eigenvalue weighted by molar-refractivity contribution is 0.191. The molecular weight excluding hydrogens is 290 g/mol. The molecule has 4 N–H and O–H groups in total. The minimum atomic E-state index is -3.86. The molecular formula is C14H17N3O3S. The molecule has 2 aromatic rings. The lowest BCUT2D eigenvalue weighted by Gasteiger charge is -2.14. The smallest absolute Gasteiger partial charge is 0.241 e. The van der Waals surface area contributed by atoms with Gasteiger partial charge in [0.1, 0.15) is 10.7 Å². The second-order valence-corrected chi connectivity index (χ2v) is 6.24. The van der Waals surface area contributed by atoms with Crippen molar-refractivity contribution in [3.8, 4) is 0 Å². The van der Waals surface area contributed by atoms with Crippen molar-refractivity contribution in [2.75, 3.05) is 11.9 Å². The summed E-state index contributed by atoms with van der Waals surface area (Å²) >= 11 is 0. The fourth-order valence-corrected chi connectivity index (χ4v) is 2.60. The standard InChI is InChI=1S/C14H17N3O3S/c1-10-4-2-5-11(8-10)12(18)9-17-14-13(21(15,19)20)6-3-7-16-14/h2-8,12,18H,9H2,1H3,(H,16,17)(H2,15,19,20). The molecule has 6 nitrogen and oxygen atoms in total. The van der Waals surface area contributed by atoms with Crippen molar-refractivity contribution in [1.82, 2.24) is 4.98 Å². The quantitative estimate of drug-likeness (QED) is 0.769. The number of sulfonamides is 1. The molecule has 2 rings (SSSR count). The minimum Gasteiger partial charge on any atom is -0.387 e. The maximum Gasteiger partial charge on any atom is 0.241 e. The number of nitrogens with one attached hydrogen (secondary N) is 1. The number of anilines is 1. The van der Waals surface area contributed by atoms with Gasteiger partial charge in [-0.1, -0.05) is 29.8 Å². The molecule has 0 radical (unpaired) electrons. The summed E-state index contributed by atoms with van der Waals surface area (Å²) in [4.78, 5) is 3.85. The average Bonchev–Trinajstić information content (AvgIpc) is 2.44. The predicted octanol–water partition coefficient (Wildman–Crippen LogP) is 1.18. The molecule has 7 heteroatoms. The number of nitrogens with zero attached hydrogens (tertiary/aromatic N) is 1. The van der Waals surface area contributed by atoms with Crippen LogP contribution in [0.1, 0.15) is 17.2 Å². The van der Waals surface area contributed by atoms with Crippen molar-refractivity contribution in [3.05, 3.63) is 53.7 Å². The Hall–Kier alpha value is -1.96. The van der Waals surface area contributed by atoms with Gasteiger partial charge < -0.3 is 10.4 Å². The number of rotatable bonds is 5. The van der Waals surface area contributed by atoms with E-state index >= 15 is 0 Å². The number of hydrogen-bond acceptors (Lipinski definition) is 5. The number of primary sulfonamides is 1. The largest absolute Gasteiger partial charge is 0.387 e.